The predicted molar refractivity (Wildman–Crippen MR) is 142 cm³/mol. The van der Waals surface area contributed by atoms with Crippen LogP contribution in [0.1, 0.15) is 117 Å². The van der Waals surface area contributed by atoms with Crippen LogP contribution in [0.5, 0.6) is 0 Å². The molecule has 34 heavy (non-hydrogen) atoms. The number of hydrogen-bond acceptors (Lipinski definition) is 3. The average molecular weight is 475 g/mol. The van der Waals surface area contributed by atoms with Gasteiger partial charge >= 0.3 is 6.09 Å². The van der Waals surface area contributed by atoms with E-state index in [-0.39, 0.29) is 5.91 Å². The van der Waals surface area contributed by atoms with Crippen LogP contribution in [0.15, 0.2) is 30.3 Å². The molecule has 2 amide bonds. The van der Waals surface area contributed by atoms with Gasteiger partial charge in [0.2, 0.25) is 5.91 Å². The lowest BCUT2D eigenvalue weighted by atomic mass is 10.0. The SMILES string of the molecule is CCCCCCCCCCCCCCNC(=O)C(CCc1ccccc1)NC(=O)OC(C)(C)C. The number of carbonyl (C=O) groups is 2. The first-order valence-corrected chi connectivity index (χ1v) is 13.6. The Morgan fingerprint density at radius 2 is 1.35 bits per heavy atom. The Balaban J connectivity index is 2.26. The summed E-state index contributed by atoms with van der Waals surface area (Å²) in [5, 5.41) is 5.78. The highest BCUT2D eigenvalue weighted by Gasteiger charge is 2.24. The number of alkyl carbamates (subject to hydrolysis) is 1. The highest BCUT2D eigenvalue weighted by Crippen LogP contribution is 2.12. The van der Waals surface area contributed by atoms with E-state index in [2.05, 4.69) is 17.6 Å². The molecule has 1 atom stereocenters. The molecule has 0 saturated carbocycles. The van der Waals surface area contributed by atoms with Gasteiger partial charge in [0, 0.05) is 6.54 Å². The maximum Gasteiger partial charge on any atom is 0.408 e. The first-order chi connectivity index (χ1) is 16.3. The van der Waals surface area contributed by atoms with Gasteiger partial charge in [-0.3, -0.25) is 4.79 Å². The molecule has 0 fully saturated rings. The molecule has 1 rings (SSSR count). The first kappa shape index (κ1) is 30.0. The molecule has 0 aromatic heterocycles. The first-order valence-electron chi connectivity index (χ1n) is 13.6. The highest BCUT2D eigenvalue weighted by molar-refractivity contribution is 5.85. The minimum atomic E-state index is -0.604. The molecule has 0 radical (unpaired) electrons. The summed E-state index contributed by atoms with van der Waals surface area (Å²) in [4.78, 5) is 25.0. The number of nitrogens with one attached hydrogen (secondary N) is 2. The zero-order chi connectivity index (χ0) is 25.1. The van der Waals surface area contributed by atoms with Crippen LogP contribution in [0.3, 0.4) is 0 Å². The van der Waals surface area contributed by atoms with E-state index in [0.29, 0.717) is 19.4 Å². The van der Waals surface area contributed by atoms with E-state index >= 15 is 0 Å². The fourth-order valence-electron chi connectivity index (χ4n) is 3.98. The van der Waals surface area contributed by atoms with E-state index in [9.17, 15) is 9.59 Å². The normalized spacial score (nSPS) is 12.2. The molecule has 1 aromatic carbocycles. The summed E-state index contributed by atoms with van der Waals surface area (Å²) in [5.41, 5.74) is 0.548. The molecule has 0 aliphatic rings. The molecule has 0 spiro atoms. The Kier molecular flexibility index (Phi) is 16.1. The summed E-state index contributed by atoms with van der Waals surface area (Å²) in [7, 11) is 0. The molecular formula is C29H50N2O3. The van der Waals surface area contributed by atoms with Crippen LogP contribution in [0.2, 0.25) is 0 Å². The molecule has 0 saturated heterocycles. The molecule has 5 nitrogen and oxygen atoms in total. The van der Waals surface area contributed by atoms with Gasteiger partial charge in [-0.15, -0.1) is 0 Å². The molecule has 0 heterocycles. The smallest absolute Gasteiger partial charge is 0.408 e. The molecule has 2 N–H and O–H groups in total. The number of carbonyl (C=O) groups excluding carboxylic acids is 2. The zero-order valence-corrected chi connectivity index (χ0v) is 22.3. The Hall–Kier alpha value is -2.04. The summed E-state index contributed by atoms with van der Waals surface area (Å²) >= 11 is 0. The van der Waals surface area contributed by atoms with Crippen molar-refractivity contribution in [2.75, 3.05) is 6.54 Å². The number of rotatable bonds is 18. The standard InChI is InChI=1S/C29H50N2O3/c1-5-6-7-8-9-10-11-12-13-14-15-19-24-30-27(32)26(31-28(33)34-29(2,3)4)23-22-25-20-17-16-18-21-25/h16-18,20-21,26H,5-15,19,22-24H2,1-4H3,(H,30,32)(H,31,33). The summed E-state index contributed by atoms with van der Waals surface area (Å²) in [6.45, 7) is 8.36. The van der Waals surface area contributed by atoms with Gasteiger partial charge in [-0.2, -0.15) is 0 Å². The van der Waals surface area contributed by atoms with Crippen molar-refractivity contribution in [3.05, 3.63) is 35.9 Å². The summed E-state index contributed by atoms with van der Waals surface area (Å²) in [6.07, 6.45) is 16.2. The van der Waals surface area contributed by atoms with Crippen molar-refractivity contribution >= 4 is 12.0 Å². The topological polar surface area (TPSA) is 67.4 Å². The van der Waals surface area contributed by atoms with Crippen molar-refractivity contribution in [2.24, 2.45) is 0 Å². The third-order valence-corrected chi connectivity index (χ3v) is 5.90. The highest BCUT2D eigenvalue weighted by atomic mass is 16.6. The second-order valence-corrected chi connectivity index (χ2v) is 10.4. The van der Waals surface area contributed by atoms with Gasteiger partial charge in [0.15, 0.2) is 0 Å². The van der Waals surface area contributed by atoms with E-state index in [1.54, 1.807) is 0 Å². The monoisotopic (exact) mass is 474 g/mol. The molecule has 0 aliphatic heterocycles. The molecular weight excluding hydrogens is 424 g/mol. The molecule has 1 unspecified atom stereocenters. The largest absolute Gasteiger partial charge is 0.444 e. The minimum Gasteiger partial charge on any atom is -0.444 e. The second kappa shape index (κ2) is 18.3. The lowest BCUT2D eigenvalue weighted by molar-refractivity contribution is -0.123. The van der Waals surface area contributed by atoms with Crippen molar-refractivity contribution in [3.8, 4) is 0 Å². The van der Waals surface area contributed by atoms with Gasteiger partial charge in [-0.05, 0) is 45.6 Å². The molecule has 1 aromatic rings. The Labute approximate surface area is 208 Å². The molecule has 0 bridgehead atoms. The van der Waals surface area contributed by atoms with Gasteiger partial charge < -0.3 is 15.4 Å². The van der Waals surface area contributed by atoms with Crippen LogP contribution in [-0.4, -0.2) is 30.2 Å². The summed E-state index contributed by atoms with van der Waals surface area (Å²) in [6, 6.07) is 9.41. The quantitative estimate of drug-likeness (QED) is 0.219. The van der Waals surface area contributed by atoms with E-state index in [0.717, 1.165) is 18.4 Å². The fourth-order valence-corrected chi connectivity index (χ4v) is 3.98. The fraction of sp³-hybridized carbons (Fsp3) is 0.724. The van der Waals surface area contributed by atoms with Gasteiger partial charge in [-0.1, -0.05) is 108 Å². The maximum absolute atomic E-state index is 12.8. The lowest BCUT2D eigenvalue weighted by Crippen LogP contribution is -2.48. The maximum atomic E-state index is 12.8. The van der Waals surface area contributed by atoms with Gasteiger partial charge in [-0.25, -0.2) is 4.79 Å². The van der Waals surface area contributed by atoms with Crippen LogP contribution in [-0.2, 0) is 16.0 Å². The number of hydrogen-bond donors (Lipinski definition) is 2. The van der Waals surface area contributed by atoms with E-state index in [1.807, 2.05) is 51.1 Å². The van der Waals surface area contributed by atoms with E-state index < -0.39 is 17.7 Å². The van der Waals surface area contributed by atoms with E-state index in [1.165, 1.54) is 64.2 Å². The minimum absolute atomic E-state index is 0.134. The van der Waals surface area contributed by atoms with Crippen molar-refractivity contribution in [1.82, 2.24) is 10.6 Å². The molecule has 194 valence electrons. The molecule has 0 aliphatic carbocycles. The number of amides is 2. The van der Waals surface area contributed by atoms with Gasteiger partial charge in [0.25, 0.3) is 0 Å². The van der Waals surface area contributed by atoms with Crippen molar-refractivity contribution in [2.45, 2.75) is 129 Å². The van der Waals surface area contributed by atoms with Crippen molar-refractivity contribution < 1.29 is 14.3 Å². The van der Waals surface area contributed by atoms with Crippen LogP contribution in [0.25, 0.3) is 0 Å². The number of benzene rings is 1. The summed E-state index contributed by atoms with van der Waals surface area (Å²) in [5.74, 6) is -0.134. The van der Waals surface area contributed by atoms with E-state index in [4.69, 9.17) is 4.74 Å². The Morgan fingerprint density at radius 1 is 0.824 bits per heavy atom. The lowest BCUT2D eigenvalue weighted by Gasteiger charge is -2.23. The predicted octanol–water partition coefficient (Wildman–Crippen LogP) is 7.33. The van der Waals surface area contributed by atoms with Crippen LogP contribution < -0.4 is 10.6 Å². The Bertz CT molecular complexity index is 655. The van der Waals surface area contributed by atoms with Gasteiger partial charge in [0.1, 0.15) is 11.6 Å². The number of unbranched alkanes of at least 4 members (excludes halogenated alkanes) is 11. The zero-order valence-electron chi connectivity index (χ0n) is 22.3. The van der Waals surface area contributed by atoms with Crippen molar-refractivity contribution in [3.63, 3.8) is 0 Å². The van der Waals surface area contributed by atoms with Crippen molar-refractivity contribution in [1.29, 1.82) is 0 Å². The van der Waals surface area contributed by atoms with Crippen LogP contribution in [0, 0.1) is 0 Å². The molecule has 5 heteroatoms. The summed E-state index contributed by atoms with van der Waals surface area (Å²) < 4.78 is 5.36. The third kappa shape index (κ3) is 16.6. The van der Waals surface area contributed by atoms with Crippen LogP contribution in [0.4, 0.5) is 4.79 Å². The van der Waals surface area contributed by atoms with Crippen LogP contribution >= 0.6 is 0 Å². The van der Waals surface area contributed by atoms with Gasteiger partial charge in [0.05, 0.1) is 0 Å². The number of ether oxygens (including phenoxy) is 1. The number of aryl methyl sites for hydroxylation is 1. The third-order valence-electron chi connectivity index (χ3n) is 5.90. The average Bonchev–Trinajstić information content (AvgIpc) is 2.79. The Morgan fingerprint density at radius 3 is 1.88 bits per heavy atom. The second-order valence-electron chi connectivity index (χ2n) is 10.4.